The zero-order chi connectivity index (χ0) is 15.2. The number of hydrogen-bond acceptors (Lipinski definition) is 2. The molecule has 0 aliphatic heterocycles. The van der Waals surface area contributed by atoms with Gasteiger partial charge in [-0.3, -0.25) is 4.79 Å². The van der Waals surface area contributed by atoms with Crippen molar-refractivity contribution < 1.29 is 9.53 Å². The topological polar surface area (TPSA) is 26.3 Å². The molecule has 0 amide bonds. The van der Waals surface area contributed by atoms with Crippen molar-refractivity contribution in [2.45, 2.75) is 32.3 Å². The Labute approximate surface area is 134 Å². The van der Waals surface area contributed by atoms with Gasteiger partial charge in [0.15, 0.2) is 0 Å². The van der Waals surface area contributed by atoms with Crippen LogP contribution in [-0.4, -0.2) is 5.97 Å². The van der Waals surface area contributed by atoms with Crippen molar-refractivity contribution in [3.05, 3.63) is 70.2 Å². The van der Waals surface area contributed by atoms with Gasteiger partial charge in [0.25, 0.3) is 0 Å². The lowest BCUT2D eigenvalue weighted by Crippen LogP contribution is -2.17. The van der Waals surface area contributed by atoms with Gasteiger partial charge < -0.3 is 4.74 Å². The third-order valence-corrected chi connectivity index (χ3v) is 4.25. The Morgan fingerprint density at radius 2 is 1.71 bits per heavy atom. The quantitative estimate of drug-likeness (QED) is 0.691. The predicted octanol–water partition coefficient (Wildman–Crippen LogP) is 5.25. The Morgan fingerprint density at radius 1 is 1.10 bits per heavy atom. The second kappa shape index (κ2) is 7.41. The molecule has 2 nitrogen and oxygen atoms in total. The first-order valence-corrected chi connectivity index (χ1v) is 7.92. The van der Waals surface area contributed by atoms with Crippen LogP contribution >= 0.6 is 15.9 Å². The number of esters is 1. The molecule has 0 saturated heterocycles. The summed E-state index contributed by atoms with van der Waals surface area (Å²) in [6.07, 6.45) is 0.455. The molecule has 0 N–H and O–H groups in total. The third-order valence-electron chi connectivity index (χ3n) is 3.53. The van der Waals surface area contributed by atoms with Crippen LogP contribution in [0.5, 0.6) is 0 Å². The van der Waals surface area contributed by atoms with E-state index in [1.165, 1.54) is 0 Å². The average Bonchev–Trinajstić information content (AvgIpc) is 2.49. The zero-order valence-electron chi connectivity index (χ0n) is 12.3. The van der Waals surface area contributed by atoms with Crippen LogP contribution in [0.15, 0.2) is 59.1 Å². The van der Waals surface area contributed by atoms with Crippen molar-refractivity contribution in [3.8, 4) is 0 Å². The maximum Gasteiger partial charge on any atom is 0.314 e. The molecular weight excluding hydrogens is 328 g/mol. The Morgan fingerprint density at radius 3 is 2.33 bits per heavy atom. The van der Waals surface area contributed by atoms with Crippen LogP contribution in [-0.2, 0) is 9.53 Å². The molecule has 0 bridgehead atoms. The van der Waals surface area contributed by atoms with Crippen LogP contribution in [0.3, 0.4) is 0 Å². The summed E-state index contributed by atoms with van der Waals surface area (Å²) in [4.78, 5) is 12.4. The first-order chi connectivity index (χ1) is 10.1. The first kappa shape index (κ1) is 15.8. The van der Waals surface area contributed by atoms with E-state index >= 15 is 0 Å². The summed E-state index contributed by atoms with van der Waals surface area (Å²) < 4.78 is 6.61. The van der Waals surface area contributed by atoms with Gasteiger partial charge in [-0.1, -0.05) is 71.4 Å². The van der Waals surface area contributed by atoms with Crippen LogP contribution in [0.2, 0.25) is 0 Å². The molecule has 2 aromatic rings. The molecule has 110 valence electrons. The van der Waals surface area contributed by atoms with Crippen molar-refractivity contribution in [1.82, 2.24) is 0 Å². The molecular formula is C18H19BrO2. The number of carbonyl (C=O) groups excluding carboxylic acids is 1. The van der Waals surface area contributed by atoms with Crippen molar-refractivity contribution in [3.63, 3.8) is 0 Å². The molecule has 0 aliphatic rings. The Kier molecular flexibility index (Phi) is 5.57. The standard InChI is InChI=1S/C18H19BrO2/c1-3-15(14-9-5-4-6-10-14)18(20)21-13(2)16-11-7-8-12-17(16)19/h4-13,15H,3H2,1-2H3/t13-,15-/m0/s1. The highest BCUT2D eigenvalue weighted by Gasteiger charge is 2.23. The summed E-state index contributed by atoms with van der Waals surface area (Å²) in [5, 5.41) is 0. The average molecular weight is 347 g/mol. The van der Waals surface area contributed by atoms with E-state index < -0.39 is 0 Å². The van der Waals surface area contributed by atoms with Crippen molar-refractivity contribution >= 4 is 21.9 Å². The minimum atomic E-state index is -0.272. The second-order valence-electron chi connectivity index (χ2n) is 4.97. The molecule has 0 fully saturated rings. The highest BCUT2D eigenvalue weighted by atomic mass is 79.9. The molecule has 0 unspecified atom stereocenters. The molecule has 2 aromatic carbocycles. The molecule has 0 heterocycles. The van der Waals surface area contributed by atoms with Crippen LogP contribution in [0, 0.1) is 0 Å². The van der Waals surface area contributed by atoms with E-state index in [1.54, 1.807) is 0 Å². The fourth-order valence-corrected chi connectivity index (χ4v) is 2.96. The number of halogens is 1. The van der Waals surface area contributed by atoms with E-state index in [4.69, 9.17) is 4.74 Å². The lowest BCUT2D eigenvalue weighted by atomic mass is 9.96. The van der Waals surface area contributed by atoms with Gasteiger partial charge in [-0.15, -0.1) is 0 Å². The maximum absolute atomic E-state index is 12.4. The predicted molar refractivity (Wildman–Crippen MR) is 88.1 cm³/mol. The van der Waals surface area contributed by atoms with Gasteiger partial charge in [0.05, 0.1) is 5.92 Å². The van der Waals surface area contributed by atoms with Crippen LogP contribution in [0.4, 0.5) is 0 Å². The van der Waals surface area contributed by atoms with Crippen molar-refractivity contribution in [2.24, 2.45) is 0 Å². The van der Waals surface area contributed by atoms with Gasteiger partial charge in [0.2, 0.25) is 0 Å². The van der Waals surface area contributed by atoms with E-state index in [1.807, 2.05) is 68.4 Å². The summed E-state index contributed by atoms with van der Waals surface area (Å²) in [6.45, 7) is 3.90. The third kappa shape index (κ3) is 3.94. The number of rotatable bonds is 5. The van der Waals surface area contributed by atoms with E-state index in [0.717, 1.165) is 22.0 Å². The van der Waals surface area contributed by atoms with Crippen LogP contribution in [0.1, 0.15) is 43.4 Å². The molecule has 0 saturated carbocycles. The van der Waals surface area contributed by atoms with Gasteiger partial charge in [0.1, 0.15) is 6.10 Å². The number of hydrogen-bond donors (Lipinski definition) is 0. The van der Waals surface area contributed by atoms with E-state index in [2.05, 4.69) is 15.9 Å². The lowest BCUT2D eigenvalue weighted by Gasteiger charge is -2.19. The number of benzene rings is 2. The summed E-state index contributed by atoms with van der Waals surface area (Å²) >= 11 is 3.49. The van der Waals surface area contributed by atoms with Gasteiger partial charge in [-0.25, -0.2) is 0 Å². The number of ether oxygens (including phenoxy) is 1. The molecule has 0 aromatic heterocycles. The summed E-state index contributed by atoms with van der Waals surface area (Å²) in [5.74, 6) is -0.386. The molecule has 2 atom stereocenters. The molecule has 3 heteroatoms. The van der Waals surface area contributed by atoms with E-state index in [9.17, 15) is 4.79 Å². The zero-order valence-corrected chi connectivity index (χ0v) is 13.8. The molecule has 0 aliphatic carbocycles. The smallest absolute Gasteiger partial charge is 0.314 e. The Hall–Kier alpha value is -1.61. The van der Waals surface area contributed by atoms with Crippen molar-refractivity contribution in [2.75, 3.05) is 0 Å². The summed E-state index contributed by atoms with van der Waals surface area (Å²) in [6, 6.07) is 17.6. The van der Waals surface area contributed by atoms with Gasteiger partial charge in [0, 0.05) is 10.0 Å². The van der Waals surface area contributed by atoms with Crippen LogP contribution in [0.25, 0.3) is 0 Å². The normalized spacial score (nSPS) is 13.5. The highest BCUT2D eigenvalue weighted by Crippen LogP contribution is 2.28. The van der Waals surface area contributed by atoms with Crippen molar-refractivity contribution in [1.29, 1.82) is 0 Å². The van der Waals surface area contributed by atoms with E-state index in [-0.39, 0.29) is 18.0 Å². The number of carbonyl (C=O) groups is 1. The van der Waals surface area contributed by atoms with Gasteiger partial charge in [-0.2, -0.15) is 0 Å². The van der Waals surface area contributed by atoms with Crippen LogP contribution < -0.4 is 0 Å². The lowest BCUT2D eigenvalue weighted by molar-refractivity contribution is -0.150. The minimum Gasteiger partial charge on any atom is -0.457 e. The molecule has 0 radical (unpaired) electrons. The molecule has 2 rings (SSSR count). The fraction of sp³-hybridized carbons (Fsp3) is 0.278. The second-order valence-corrected chi connectivity index (χ2v) is 5.83. The Balaban J connectivity index is 2.11. The first-order valence-electron chi connectivity index (χ1n) is 7.13. The maximum atomic E-state index is 12.4. The molecule has 0 spiro atoms. The monoisotopic (exact) mass is 346 g/mol. The van der Waals surface area contributed by atoms with Gasteiger partial charge in [-0.05, 0) is 25.0 Å². The summed E-state index contributed by atoms with van der Waals surface area (Å²) in [5.41, 5.74) is 1.98. The van der Waals surface area contributed by atoms with E-state index in [0.29, 0.717) is 0 Å². The Bertz CT molecular complexity index is 595. The summed E-state index contributed by atoms with van der Waals surface area (Å²) in [7, 11) is 0. The molecule has 21 heavy (non-hydrogen) atoms. The SMILES string of the molecule is CC[C@H](C(=O)O[C@@H](C)c1ccccc1Br)c1ccccc1. The highest BCUT2D eigenvalue weighted by molar-refractivity contribution is 9.10. The minimum absolute atomic E-state index is 0.174. The fourth-order valence-electron chi connectivity index (χ4n) is 2.35. The van der Waals surface area contributed by atoms with Gasteiger partial charge >= 0.3 is 5.97 Å². The largest absolute Gasteiger partial charge is 0.457 e.